The summed E-state index contributed by atoms with van der Waals surface area (Å²) in [6, 6.07) is 11.1. The molecule has 3 heterocycles. The molecule has 0 bridgehead atoms. The molecule has 30 heavy (non-hydrogen) atoms. The van der Waals surface area contributed by atoms with Crippen LogP contribution in [0.5, 0.6) is 11.5 Å². The molecule has 0 saturated carbocycles. The molecule has 1 aromatic carbocycles. The lowest BCUT2D eigenvalue weighted by atomic mass is 9.91. The van der Waals surface area contributed by atoms with Gasteiger partial charge in [0, 0.05) is 11.4 Å². The highest BCUT2D eigenvalue weighted by Crippen LogP contribution is 2.42. The summed E-state index contributed by atoms with van der Waals surface area (Å²) in [4.78, 5) is 28.0. The van der Waals surface area contributed by atoms with Gasteiger partial charge in [-0.05, 0) is 53.3 Å². The lowest BCUT2D eigenvalue weighted by molar-refractivity contribution is -0.121. The molecule has 156 valence electrons. The Morgan fingerprint density at radius 2 is 2.00 bits per heavy atom. The molecular weight excluding hydrogens is 404 g/mol. The van der Waals surface area contributed by atoms with Crippen molar-refractivity contribution in [3.8, 4) is 11.5 Å². The van der Waals surface area contributed by atoms with Crippen molar-refractivity contribution in [3.63, 3.8) is 0 Å². The molecule has 1 aliphatic heterocycles. The van der Waals surface area contributed by atoms with Crippen LogP contribution in [0.1, 0.15) is 32.6 Å². The number of thiophene rings is 1. The summed E-state index contributed by atoms with van der Waals surface area (Å²) in [6.07, 6.45) is 2.16. The normalized spacial score (nSPS) is 16.0. The molecule has 8 heteroatoms. The largest absolute Gasteiger partial charge is 0.493 e. The maximum Gasteiger partial charge on any atom is 0.293 e. The van der Waals surface area contributed by atoms with Crippen molar-refractivity contribution in [2.24, 2.45) is 0 Å². The van der Waals surface area contributed by atoms with Crippen LogP contribution in [0.15, 0.2) is 52.5 Å². The molecule has 2 amide bonds. The Labute approximate surface area is 178 Å². The summed E-state index contributed by atoms with van der Waals surface area (Å²) in [7, 11) is 3.23. The van der Waals surface area contributed by atoms with Gasteiger partial charge in [0.15, 0.2) is 17.3 Å². The zero-order chi connectivity index (χ0) is 21.1. The molecule has 1 aliphatic rings. The Bertz CT molecular complexity index is 1030. The van der Waals surface area contributed by atoms with Gasteiger partial charge in [0.05, 0.1) is 33.1 Å². The van der Waals surface area contributed by atoms with E-state index in [1.165, 1.54) is 12.3 Å². The summed E-state index contributed by atoms with van der Waals surface area (Å²) < 4.78 is 16.0. The van der Waals surface area contributed by atoms with Crippen LogP contribution >= 0.6 is 11.3 Å². The van der Waals surface area contributed by atoms with Gasteiger partial charge in [0.2, 0.25) is 5.91 Å². The van der Waals surface area contributed by atoms with E-state index in [9.17, 15) is 9.59 Å². The summed E-state index contributed by atoms with van der Waals surface area (Å²) in [5, 5.41) is 4.42. The van der Waals surface area contributed by atoms with E-state index in [0.29, 0.717) is 18.0 Å². The van der Waals surface area contributed by atoms with Crippen LogP contribution in [0.2, 0.25) is 0 Å². The predicted molar refractivity (Wildman–Crippen MR) is 112 cm³/mol. The lowest BCUT2D eigenvalue weighted by Crippen LogP contribution is -2.44. The average molecular weight is 426 g/mol. The number of nitrogens with zero attached hydrogens (tertiary/aromatic N) is 1. The van der Waals surface area contributed by atoms with Crippen LogP contribution in [0.25, 0.3) is 0 Å². The Balaban J connectivity index is 1.61. The molecule has 4 rings (SSSR count). The van der Waals surface area contributed by atoms with Crippen molar-refractivity contribution in [3.05, 3.63) is 69.8 Å². The lowest BCUT2D eigenvalue weighted by Gasteiger charge is -2.36. The maximum atomic E-state index is 12.6. The number of benzene rings is 1. The van der Waals surface area contributed by atoms with Gasteiger partial charge in [-0.25, -0.2) is 0 Å². The summed E-state index contributed by atoms with van der Waals surface area (Å²) >= 11 is 1.63. The first-order valence-corrected chi connectivity index (χ1v) is 10.4. The summed E-state index contributed by atoms with van der Waals surface area (Å²) in [5.74, 6) is 0.538. The highest BCUT2D eigenvalue weighted by molar-refractivity contribution is 7.10. The van der Waals surface area contributed by atoms with Gasteiger partial charge in [-0.1, -0.05) is 6.07 Å². The molecule has 2 aromatic heterocycles. The SMILES string of the molecule is COc1cc2c(cc1OC)C(c1cccs1)N(CC(=O)NC(=O)c1ccco1)CC2. The number of ether oxygens (including phenoxy) is 2. The first-order valence-electron chi connectivity index (χ1n) is 9.50. The zero-order valence-corrected chi connectivity index (χ0v) is 17.5. The van der Waals surface area contributed by atoms with Crippen molar-refractivity contribution in [1.82, 2.24) is 10.2 Å². The molecular formula is C22H22N2O5S. The van der Waals surface area contributed by atoms with Gasteiger partial charge in [0.25, 0.3) is 5.91 Å². The van der Waals surface area contributed by atoms with Crippen molar-refractivity contribution in [1.29, 1.82) is 0 Å². The molecule has 0 fully saturated rings. The zero-order valence-electron chi connectivity index (χ0n) is 16.7. The molecule has 7 nitrogen and oxygen atoms in total. The van der Waals surface area contributed by atoms with Crippen molar-refractivity contribution >= 4 is 23.2 Å². The number of furan rings is 1. The highest BCUT2D eigenvalue weighted by atomic mass is 32.1. The van der Waals surface area contributed by atoms with Crippen LogP contribution in [-0.4, -0.2) is 44.0 Å². The van der Waals surface area contributed by atoms with Crippen molar-refractivity contribution < 1.29 is 23.5 Å². The van der Waals surface area contributed by atoms with Gasteiger partial charge >= 0.3 is 0 Å². The minimum atomic E-state index is -0.540. The van der Waals surface area contributed by atoms with E-state index in [1.807, 2.05) is 23.6 Å². The maximum absolute atomic E-state index is 12.6. The quantitative estimate of drug-likeness (QED) is 0.652. The van der Waals surface area contributed by atoms with E-state index in [0.717, 1.165) is 22.4 Å². The average Bonchev–Trinajstić information content (AvgIpc) is 3.46. The number of hydrogen-bond acceptors (Lipinski definition) is 7. The van der Waals surface area contributed by atoms with E-state index >= 15 is 0 Å². The van der Waals surface area contributed by atoms with E-state index < -0.39 is 5.91 Å². The van der Waals surface area contributed by atoms with Gasteiger partial charge in [-0.2, -0.15) is 0 Å². The second kappa shape index (κ2) is 8.73. The predicted octanol–water partition coefficient (Wildman–Crippen LogP) is 3.26. The number of nitrogens with one attached hydrogen (secondary N) is 1. The Hall–Kier alpha value is -3.10. The fraction of sp³-hybridized carbons (Fsp3) is 0.273. The minimum Gasteiger partial charge on any atom is -0.493 e. The molecule has 0 radical (unpaired) electrons. The van der Waals surface area contributed by atoms with Crippen LogP contribution in [-0.2, 0) is 11.2 Å². The van der Waals surface area contributed by atoms with Gasteiger partial charge < -0.3 is 13.9 Å². The molecule has 0 aliphatic carbocycles. The number of hydrogen-bond donors (Lipinski definition) is 1. The monoisotopic (exact) mass is 426 g/mol. The molecule has 0 saturated heterocycles. The second-order valence-corrected chi connectivity index (χ2v) is 7.88. The fourth-order valence-corrected chi connectivity index (χ4v) is 4.64. The van der Waals surface area contributed by atoms with E-state index in [-0.39, 0.29) is 24.3 Å². The second-order valence-electron chi connectivity index (χ2n) is 6.90. The van der Waals surface area contributed by atoms with Crippen LogP contribution in [0.3, 0.4) is 0 Å². The Kier molecular flexibility index (Phi) is 5.87. The standard InChI is InChI=1S/C22H22N2O5S/c1-27-17-11-14-7-8-24(13-20(25)23-22(26)16-5-3-9-29-16)21(19-6-4-10-30-19)15(14)12-18(17)28-2/h3-6,9-12,21H,7-8,13H2,1-2H3,(H,23,25,26). The van der Waals surface area contributed by atoms with Gasteiger partial charge in [-0.3, -0.25) is 19.8 Å². The topological polar surface area (TPSA) is 81.0 Å². The summed E-state index contributed by atoms with van der Waals surface area (Å²) in [6.45, 7) is 0.760. The highest BCUT2D eigenvalue weighted by Gasteiger charge is 2.32. The third kappa shape index (κ3) is 3.96. The Morgan fingerprint density at radius 3 is 2.67 bits per heavy atom. The minimum absolute atomic E-state index is 0.0861. The van der Waals surface area contributed by atoms with Gasteiger partial charge in [0.1, 0.15) is 0 Å². The fourth-order valence-electron chi connectivity index (χ4n) is 3.77. The first-order chi connectivity index (χ1) is 14.6. The number of carbonyl (C=O) groups is 2. The number of imide groups is 1. The smallest absolute Gasteiger partial charge is 0.293 e. The number of carbonyl (C=O) groups excluding carboxylic acids is 2. The molecule has 0 spiro atoms. The third-order valence-electron chi connectivity index (χ3n) is 5.13. The van der Waals surface area contributed by atoms with Crippen LogP contribution in [0.4, 0.5) is 0 Å². The number of methoxy groups -OCH3 is 2. The Morgan fingerprint density at radius 1 is 1.20 bits per heavy atom. The third-order valence-corrected chi connectivity index (χ3v) is 6.06. The number of fused-ring (bicyclic) bond motifs is 1. The molecule has 1 unspecified atom stereocenters. The first kappa shape index (κ1) is 20.2. The van der Waals surface area contributed by atoms with E-state index in [2.05, 4.69) is 16.3 Å². The van der Waals surface area contributed by atoms with Crippen molar-refractivity contribution in [2.45, 2.75) is 12.5 Å². The van der Waals surface area contributed by atoms with E-state index in [1.54, 1.807) is 31.6 Å². The summed E-state index contributed by atoms with van der Waals surface area (Å²) in [5.41, 5.74) is 2.24. The molecule has 1 N–H and O–H groups in total. The number of amides is 2. The molecule has 1 atom stereocenters. The van der Waals surface area contributed by atoms with Gasteiger partial charge in [-0.15, -0.1) is 11.3 Å². The molecule has 3 aromatic rings. The van der Waals surface area contributed by atoms with Crippen LogP contribution in [0, 0.1) is 0 Å². The number of rotatable bonds is 6. The van der Waals surface area contributed by atoms with Crippen molar-refractivity contribution in [2.75, 3.05) is 27.3 Å². The van der Waals surface area contributed by atoms with Crippen LogP contribution < -0.4 is 14.8 Å². The van der Waals surface area contributed by atoms with E-state index in [4.69, 9.17) is 13.9 Å².